The number of hydrogen-bond donors (Lipinski definition) is 0. The van der Waals surface area contributed by atoms with E-state index in [2.05, 4.69) is 0 Å². The van der Waals surface area contributed by atoms with Crippen molar-refractivity contribution in [2.24, 2.45) is 0 Å². The lowest BCUT2D eigenvalue weighted by atomic mass is 10.1. The van der Waals surface area contributed by atoms with E-state index < -0.39 is 14.9 Å². The summed E-state index contributed by atoms with van der Waals surface area (Å²) in [5.41, 5.74) is 3.26. The van der Waals surface area contributed by atoms with Crippen molar-refractivity contribution in [2.45, 2.75) is 25.3 Å². The smallest absolute Gasteiger partial charge is 0.262 e. The van der Waals surface area contributed by atoms with Gasteiger partial charge in [0.05, 0.1) is 22.1 Å². The predicted octanol–water partition coefficient (Wildman–Crippen LogP) is 4.61. The molecule has 0 bridgehead atoms. The van der Waals surface area contributed by atoms with Crippen LogP contribution in [0.2, 0.25) is 0 Å². The molecule has 0 unspecified atom stereocenters. The summed E-state index contributed by atoms with van der Waals surface area (Å²) in [6, 6.07) is 19.8. The number of non-ortho nitro benzene ring substituents is 1. The topological polar surface area (TPSA) is 80.5 Å². The van der Waals surface area contributed by atoms with Gasteiger partial charge in [0.2, 0.25) is 0 Å². The van der Waals surface area contributed by atoms with Crippen molar-refractivity contribution >= 4 is 21.4 Å². The van der Waals surface area contributed by atoms with Crippen molar-refractivity contribution in [3.05, 3.63) is 99.6 Å². The number of nitro groups is 1. The normalized spacial score (nSPS) is 11.2. The molecule has 0 atom stereocenters. The van der Waals surface area contributed by atoms with Crippen molar-refractivity contribution in [3.8, 4) is 0 Å². The summed E-state index contributed by atoms with van der Waals surface area (Å²) in [5, 5.41) is 10.9. The fourth-order valence-corrected chi connectivity index (χ4v) is 4.27. The Bertz CT molecular complexity index is 1090. The minimum atomic E-state index is -3.91. The monoisotopic (exact) mass is 396 g/mol. The zero-order chi connectivity index (χ0) is 20.3. The highest BCUT2D eigenvalue weighted by Gasteiger charge is 2.26. The quantitative estimate of drug-likeness (QED) is 0.450. The van der Waals surface area contributed by atoms with Crippen LogP contribution in [-0.2, 0) is 16.6 Å². The molecule has 3 rings (SSSR count). The van der Waals surface area contributed by atoms with Gasteiger partial charge in [-0.15, -0.1) is 0 Å². The number of rotatable bonds is 6. The molecule has 3 aromatic rings. The van der Waals surface area contributed by atoms with E-state index in [4.69, 9.17) is 0 Å². The third-order valence-electron chi connectivity index (χ3n) is 4.37. The Hall–Kier alpha value is -3.19. The van der Waals surface area contributed by atoms with E-state index in [-0.39, 0.29) is 17.1 Å². The molecule has 0 radical (unpaired) electrons. The molecule has 0 spiro atoms. The molecule has 0 aliphatic heterocycles. The SMILES string of the molecule is Cc1ccc(CN(c2cccc(C)c2)S(=O)(=O)c2ccc([N+](=O)[O-])cc2)cc1. The minimum absolute atomic E-state index is 0.00622. The van der Waals surface area contributed by atoms with Crippen LogP contribution in [0.25, 0.3) is 0 Å². The van der Waals surface area contributed by atoms with Gasteiger partial charge < -0.3 is 0 Å². The highest BCUT2D eigenvalue weighted by molar-refractivity contribution is 7.92. The van der Waals surface area contributed by atoms with Crippen LogP contribution in [-0.4, -0.2) is 13.3 Å². The number of sulfonamides is 1. The van der Waals surface area contributed by atoms with Crippen LogP contribution in [0, 0.1) is 24.0 Å². The minimum Gasteiger partial charge on any atom is -0.262 e. The van der Waals surface area contributed by atoms with Crippen LogP contribution in [0.3, 0.4) is 0 Å². The van der Waals surface area contributed by atoms with Gasteiger partial charge >= 0.3 is 0 Å². The third-order valence-corrected chi connectivity index (χ3v) is 6.16. The summed E-state index contributed by atoms with van der Waals surface area (Å²) in [4.78, 5) is 10.3. The summed E-state index contributed by atoms with van der Waals surface area (Å²) in [7, 11) is -3.91. The first kappa shape index (κ1) is 19.6. The second-order valence-electron chi connectivity index (χ2n) is 6.59. The lowest BCUT2D eigenvalue weighted by Crippen LogP contribution is -2.30. The van der Waals surface area contributed by atoms with Crippen LogP contribution in [0.5, 0.6) is 0 Å². The number of hydrogen-bond acceptors (Lipinski definition) is 4. The van der Waals surface area contributed by atoms with E-state index in [1.54, 1.807) is 18.2 Å². The first-order valence-electron chi connectivity index (χ1n) is 8.67. The largest absolute Gasteiger partial charge is 0.269 e. The van der Waals surface area contributed by atoms with Crippen molar-refractivity contribution in [3.63, 3.8) is 0 Å². The van der Waals surface area contributed by atoms with Crippen LogP contribution < -0.4 is 4.31 Å². The Balaban J connectivity index is 2.06. The van der Waals surface area contributed by atoms with Gasteiger partial charge in [-0.05, 0) is 49.2 Å². The fourth-order valence-electron chi connectivity index (χ4n) is 2.82. The third kappa shape index (κ3) is 4.20. The zero-order valence-corrected chi connectivity index (χ0v) is 16.4. The number of nitro benzene ring substituents is 1. The molecule has 0 aromatic heterocycles. The first-order valence-corrected chi connectivity index (χ1v) is 10.1. The van der Waals surface area contributed by atoms with Gasteiger partial charge in [0.25, 0.3) is 15.7 Å². The van der Waals surface area contributed by atoms with E-state index in [1.807, 2.05) is 44.2 Å². The summed E-state index contributed by atoms with van der Waals surface area (Å²) in [6.07, 6.45) is 0. The van der Waals surface area contributed by atoms with Crippen molar-refractivity contribution in [1.82, 2.24) is 0 Å². The second kappa shape index (κ2) is 7.82. The van der Waals surface area contributed by atoms with Crippen LogP contribution in [0.1, 0.15) is 16.7 Å². The summed E-state index contributed by atoms with van der Waals surface area (Å²) < 4.78 is 28.0. The van der Waals surface area contributed by atoms with Gasteiger partial charge in [0.15, 0.2) is 0 Å². The molecule has 0 aliphatic carbocycles. The summed E-state index contributed by atoms with van der Waals surface area (Å²) >= 11 is 0. The van der Waals surface area contributed by atoms with Crippen molar-refractivity contribution in [1.29, 1.82) is 0 Å². The summed E-state index contributed by atoms with van der Waals surface area (Å²) in [6.45, 7) is 4.02. The Morgan fingerprint density at radius 1 is 0.893 bits per heavy atom. The van der Waals surface area contributed by atoms with E-state index in [9.17, 15) is 18.5 Å². The molecule has 0 fully saturated rings. The maximum atomic E-state index is 13.4. The molecule has 0 N–H and O–H groups in total. The standard InChI is InChI=1S/C21H20N2O4S/c1-16-6-8-18(9-7-16)15-22(20-5-3-4-17(2)14-20)28(26,27)21-12-10-19(11-13-21)23(24)25/h3-14H,15H2,1-2H3. The molecule has 0 saturated carbocycles. The van der Waals surface area contributed by atoms with Gasteiger partial charge in [-0.2, -0.15) is 0 Å². The predicted molar refractivity (Wildman–Crippen MR) is 109 cm³/mol. The number of aryl methyl sites for hydroxylation is 2. The van der Waals surface area contributed by atoms with Crippen molar-refractivity contribution < 1.29 is 13.3 Å². The molecule has 0 amide bonds. The molecule has 6 nitrogen and oxygen atoms in total. The number of nitrogens with zero attached hydrogens (tertiary/aromatic N) is 2. The van der Waals surface area contributed by atoms with Crippen LogP contribution in [0.4, 0.5) is 11.4 Å². The lowest BCUT2D eigenvalue weighted by Gasteiger charge is -2.25. The Labute approximate surface area is 164 Å². The maximum Gasteiger partial charge on any atom is 0.269 e. The van der Waals surface area contributed by atoms with Crippen molar-refractivity contribution in [2.75, 3.05) is 4.31 Å². The number of anilines is 1. The average Bonchev–Trinajstić information content (AvgIpc) is 2.67. The Kier molecular flexibility index (Phi) is 5.46. The van der Waals surface area contributed by atoms with E-state index in [0.717, 1.165) is 16.7 Å². The fraction of sp³-hybridized carbons (Fsp3) is 0.143. The summed E-state index contributed by atoms with van der Waals surface area (Å²) in [5.74, 6) is 0. The molecule has 7 heteroatoms. The molecular formula is C21H20N2O4S. The van der Waals surface area contributed by atoms with Gasteiger partial charge in [0.1, 0.15) is 0 Å². The lowest BCUT2D eigenvalue weighted by molar-refractivity contribution is -0.384. The van der Waals surface area contributed by atoms with Gasteiger partial charge in [-0.1, -0.05) is 42.0 Å². The highest BCUT2D eigenvalue weighted by atomic mass is 32.2. The average molecular weight is 396 g/mol. The number of benzene rings is 3. The van der Waals surface area contributed by atoms with Gasteiger partial charge in [-0.3, -0.25) is 14.4 Å². The van der Waals surface area contributed by atoms with E-state index in [1.165, 1.54) is 28.6 Å². The molecule has 0 saturated heterocycles. The van der Waals surface area contributed by atoms with E-state index in [0.29, 0.717) is 5.69 Å². The second-order valence-corrected chi connectivity index (χ2v) is 8.45. The molecule has 3 aromatic carbocycles. The molecule has 28 heavy (non-hydrogen) atoms. The molecule has 0 aliphatic rings. The Morgan fingerprint density at radius 3 is 2.11 bits per heavy atom. The Morgan fingerprint density at radius 2 is 1.54 bits per heavy atom. The van der Waals surface area contributed by atoms with E-state index >= 15 is 0 Å². The zero-order valence-electron chi connectivity index (χ0n) is 15.6. The van der Waals surface area contributed by atoms with Gasteiger partial charge in [-0.25, -0.2) is 8.42 Å². The van der Waals surface area contributed by atoms with Crippen LogP contribution in [0.15, 0.2) is 77.7 Å². The van der Waals surface area contributed by atoms with Crippen LogP contribution >= 0.6 is 0 Å². The molecule has 144 valence electrons. The molecular weight excluding hydrogens is 376 g/mol. The highest BCUT2D eigenvalue weighted by Crippen LogP contribution is 2.28. The first-order chi connectivity index (χ1) is 13.3. The molecule has 0 heterocycles. The maximum absolute atomic E-state index is 13.4. The van der Waals surface area contributed by atoms with Gasteiger partial charge in [0, 0.05) is 12.1 Å².